The molecule has 0 radical (unpaired) electrons. The molecular formula is C9H11IO2. The number of halogens is 1. The molecule has 0 unspecified atom stereocenters. The quantitative estimate of drug-likeness (QED) is 0.664. The Morgan fingerprint density at radius 1 is 1.50 bits per heavy atom. The molecule has 0 fully saturated rings. The Balaban J connectivity index is 3.02. The van der Waals surface area contributed by atoms with E-state index in [0.29, 0.717) is 0 Å². The van der Waals surface area contributed by atoms with Crippen molar-refractivity contribution in [2.45, 2.75) is 10.5 Å². The van der Waals surface area contributed by atoms with Crippen molar-refractivity contribution in [3.63, 3.8) is 0 Å². The first-order valence-corrected chi connectivity index (χ1v) is 4.68. The Labute approximate surface area is 85.7 Å². The molecule has 1 rings (SSSR count). The molecule has 0 aliphatic rings. The number of rotatable bonds is 2. The highest BCUT2D eigenvalue weighted by atomic mass is 127. The first-order valence-electron chi connectivity index (χ1n) is 3.60. The van der Waals surface area contributed by atoms with E-state index in [0.717, 1.165) is 11.3 Å². The second-order valence-electron chi connectivity index (χ2n) is 2.69. The lowest BCUT2D eigenvalue weighted by Crippen LogP contribution is -2.10. The van der Waals surface area contributed by atoms with Gasteiger partial charge in [0.15, 0.2) is 0 Å². The normalized spacial score (nSPS) is 15.3. The Kier molecular flexibility index (Phi) is 2.95. The van der Waals surface area contributed by atoms with Gasteiger partial charge in [-0.05, 0) is 47.2 Å². The predicted molar refractivity (Wildman–Crippen MR) is 56.6 cm³/mol. The highest BCUT2D eigenvalue weighted by Gasteiger charge is 2.17. The van der Waals surface area contributed by atoms with Crippen LogP contribution in [0.2, 0.25) is 0 Å². The lowest BCUT2D eigenvalue weighted by atomic mass is 10.1. The zero-order chi connectivity index (χ0) is 9.19. The largest absolute Gasteiger partial charge is 0.497 e. The van der Waals surface area contributed by atoms with E-state index in [2.05, 4.69) is 0 Å². The predicted octanol–water partition coefficient (Wildman–Crippen LogP) is 2.30. The van der Waals surface area contributed by atoms with E-state index in [1.54, 1.807) is 14.0 Å². The van der Waals surface area contributed by atoms with Crippen molar-refractivity contribution >= 4 is 22.6 Å². The van der Waals surface area contributed by atoms with Crippen LogP contribution in [0.3, 0.4) is 0 Å². The molecular weight excluding hydrogens is 267 g/mol. The third-order valence-electron chi connectivity index (χ3n) is 1.60. The summed E-state index contributed by atoms with van der Waals surface area (Å²) < 4.78 is 4.21. The van der Waals surface area contributed by atoms with Crippen molar-refractivity contribution in [1.29, 1.82) is 0 Å². The summed E-state index contributed by atoms with van der Waals surface area (Å²) in [7, 11) is 1.61. The third-order valence-corrected chi connectivity index (χ3v) is 2.22. The highest BCUT2D eigenvalue weighted by molar-refractivity contribution is 14.1. The number of aliphatic hydroxyl groups is 1. The first kappa shape index (κ1) is 9.80. The molecule has 1 N–H and O–H groups in total. The monoisotopic (exact) mass is 278 g/mol. The topological polar surface area (TPSA) is 29.5 Å². The summed E-state index contributed by atoms with van der Waals surface area (Å²) >= 11 is 1.98. The molecule has 0 heterocycles. The van der Waals surface area contributed by atoms with Gasteiger partial charge < -0.3 is 9.84 Å². The molecule has 2 nitrogen and oxygen atoms in total. The van der Waals surface area contributed by atoms with E-state index >= 15 is 0 Å². The third kappa shape index (κ3) is 2.35. The maximum atomic E-state index is 9.64. The second kappa shape index (κ2) is 3.62. The van der Waals surface area contributed by atoms with Gasteiger partial charge in [-0.2, -0.15) is 0 Å². The summed E-state index contributed by atoms with van der Waals surface area (Å²) in [5, 5.41) is 9.64. The van der Waals surface area contributed by atoms with Gasteiger partial charge in [-0.1, -0.05) is 12.1 Å². The number of ether oxygens (including phenoxy) is 1. The molecule has 0 amide bonds. The summed E-state index contributed by atoms with van der Waals surface area (Å²) in [5.41, 5.74) is 0.849. The zero-order valence-corrected chi connectivity index (χ0v) is 9.20. The zero-order valence-electron chi connectivity index (χ0n) is 7.04. The Bertz CT molecular complexity index is 265. The number of hydrogen-bond donors (Lipinski definition) is 1. The summed E-state index contributed by atoms with van der Waals surface area (Å²) in [6, 6.07) is 7.41. The molecule has 0 bridgehead atoms. The number of benzene rings is 1. The van der Waals surface area contributed by atoms with Gasteiger partial charge in [0.2, 0.25) is 0 Å². The maximum absolute atomic E-state index is 9.64. The van der Waals surface area contributed by atoms with Crippen LogP contribution in [0, 0.1) is 0 Å². The van der Waals surface area contributed by atoms with Gasteiger partial charge in [-0.3, -0.25) is 0 Å². The van der Waals surface area contributed by atoms with Crippen LogP contribution in [0.4, 0.5) is 0 Å². The van der Waals surface area contributed by atoms with Gasteiger partial charge in [0.1, 0.15) is 9.36 Å². The van der Waals surface area contributed by atoms with Gasteiger partial charge in [0, 0.05) is 0 Å². The summed E-state index contributed by atoms with van der Waals surface area (Å²) in [4.78, 5) is 0. The van der Waals surface area contributed by atoms with Crippen molar-refractivity contribution < 1.29 is 9.84 Å². The molecule has 0 aliphatic heterocycles. The average molecular weight is 278 g/mol. The fourth-order valence-electron chi connectivity index (χ4n) is 0.907. The van der Waals surface area contributed by atoms with Crippen LogP contribution >= 0.6 is 22.6 Å². The van der Waals surface area contributed by atoms with Crippen molar-refractivity contribution in [2.75, 3.05) is 7.11 Å². The van der Waals surface area contributed by atoms with Gasteiger partial charge in [-0.25, -0.2) is 0 Å². The molecule has 0 spiro atoms. The minimum atomic E-state index is -0.827. The molecule has 0 saturated carbocycles. The first-order chi connectivity index (χ1) is 5.54. The lowest BCUT2D eigenvalue weighted by Gasteiger charge is -2.15. The average Bonchev–Trinajstić information content (AvgIpc) is 2.03. The van der Waals surface area contributed by atoms with Crippen LogP contribution in [0.5, 0.6) is 5.75 Å². The lowest BCUT2D eigenvalue weighted by molar-refractivity contribution is 0.178. The van der Waals surface area contributed by atoms with Crippen LogP contribution < -0.4 is 4.74 Å². The van der Waals surface area contributed by atoms with E-state index in [-0.39, 0.29) is 0 Å². The van der Waals surface area contributed by atoms with Gasteiger partial charge in [-0.15, -0.1) is 0 Å². The van der Waals surface area contributed by atoms with Crippen LogP contribution in [-0.2, 0) is 3.61 Å². The smallest absolute Gasteiger partial charge is 0.138 e. The molecule has 0 aliphatic carbocycles. The fourth-order valence-corrected chi connectivity index (χ4v) is 1.24. The van der Waals surface area contributed by atoms with Crippen LogP contribution in [0.15, 0.2) is 24.3 Å². The van der Waals surface area contributed by atoms with Crippen LogP contribution in [0.25, 0.3) is 0 Å². The van der Waals surface area contributed by atoms with E-state index in [1.165, 1.54) is 0 Å². The molecule has 66 valence electrons. The van der Waals surface area contributed by atoms with Crippen LogP contribution in [0.1, 0.15) is 12.5 Å². The minimum Gasteiger partial charge on any atom is -0.497 e. The summed E-state index contributed by atoms with van der Waals surface area (Å²) in [6.45, 7) is 1.74. The van der Waals surface area contributed by atoms with Gasteiger partial charge >= 0.3 is 0 Å². The van der Waals surface area contributed by atoms with E-state index in [9.17, 15) is 5.11 Å². The highest BCUT2D eigenvalue weighted by Crippen LogP contribution is 2.29. The van der Waals surface area contributed by atoms with Crippen molar-refractivity contribution in [3.05, 3.63) is 29.8 Å². The summed E-state index contributed by atoms with van der Waals surface area (Å²) in [5.74, 6) is 0.768. The molecule has 0 saturated heterocycles. The summed E-state index contributed by atoms with van der Waals surface area (Å²) in [6.07, 6.45) is 0. The fraction of sp³-hybridized carbons (Fsp3) is 0.333. The van der Waals surface area contributed by atoms with Crippen LogP contribution in [-0.4, -0.2) is 12.2 Å². The Hall–Kier alpha value is -0.290. The number of methoxy groups -OCH3 is 1. The number of alkyl halides is 1. The molecule has 1 atom stereocenters. The van der Waals surface area contributed by atoms with Crippen molar-refractivity contribution in [2.24, 2.45) is 0 Å². The standard InChI is InChI=1S/C9H11IO2/c1-9(10,11)7-4-3-5-8(6-7)12-2/h3-6,11H,1-2H3/t9-/m0/s1. The van der Waals surface area contributed by atoms with Gasteiger partial charge in [0.25, 0.3) is 0 Å². The molecule has 0 aromatic heterocycles. The van der Waals surface area contributed by atoms with Crippen molar-refractivity contribution in [1.82, 2.24) is 0 Å². The molecule has 1 aromatic rings. The second-order valence-corrected chi connectivity index (χ2v) is 4.79. The van der Waals surface area contributed by atoms with Crippen molar-refractivity contribution in [3.8, 4) is 5.75 Å². The molecule has 3 heteroatoms. The molecule has 1 aromatic carbocycles. The Morgan fingerprint density at radius 2 is 2.17 bits per heavy atom. The maximum Gasteiger partial charge on any atom is 0.138 e. The molecule has 12 heavy (non-hydrogen) atoms. The van der Waals surface area contributed by atoms with E-state index in [1.807, 2.05) is 46.9 Å². The Morgan fingerprint density at radius 3 is 2.67 bits per heavy atom. The van der Waals surface area contributed by atoms with E-state index < -0.39 is 3.61 Å². The minimum absolute atomic E-state index is 0.768. The van der Waals surface area contributed by atoms with E-state index in [4.69, 9.17) is 4.74 Å². The van der Waals surface area contributed by atoms with Gasteiger partial charge in [0.05, 0.1) is 7.11 Å². The SMILES string of the molecule is COc1cccc([C@](C)(O)I)c1. The number of hydrogen-bond acceptors (Lipinski definition) is 2.